The van der Waals surface area contributed by atoms with Gasteiger partial charge in [0.1, 0.15) is 5.75 Å². The number of benzene rings is 1. The van der Waals surface area contributed by atoms with Crippen LogP contribution in [0.3, 0.4) is 0 Å². The molecule has 1 aliphatic rings. The SMILES string of the molecule is C[C@H](Oc1cccc(C(C)(C)C)c1)C(=O)NCC1([C@@H](C)CCO)CCC1. The summed E-state index contributed by atoms with van der Waals surface area (Å²) in [6.45, 7) is 11.3. The van der Waals surface area contributed by atoms with Crippen LogP contribution in [0.2, 0.25) is 0 Å². The molecule has 2 N–H and O–H groups in total. The average molecular weight is 362 g/mol. The van der Waals surface area contributed by atoms with Gasteiger partial charge < -0.3 is 15.2 Å². The number of hydrogen-bond donors (Lipinski definition) is 2. The van der Waals surface area contributed by atoms with E-state index in [4.69, 9.17) is 4.74 Å². The molecule has 0 bridgehead atoms. The van der Waals surface area contributed by atoms with Crippen LogP contribution in [0.15, 0.2) is 24.3 Å². The molecule has 0 aromatic heterocycles. The first kappa shape index (κ1) is 20.8. The second kappa shape index (κ2) is 8.43. The van der Waals surface area contributed by atoms with E-state index in [2.05, 4.69) is 39.1 Å². The van der Waals surface area contributed by atoms with E-state index in [-0.39, 0.29) is 23.3 Å². The lowest BCUT2D eigenvalue weighted by atomic mass is 9.60. The molecule has 146 valence electrons. The third-order valence-corrected chi connectivity index (χ3v) is 5.95. The normalized spacial score (nSPS) is 18.5. The predicted molar refractivity (Wildman–Crippen MR) is 105 cm³/mol. The van der Waals surface area contributed by atoms with E-state index in [9.17, 15) is 9.90 Å². The van der Waals surface area contributed by atoms with Crippen molar-refractivity contribution in [2.75, 3.05) is 13.2 Å². The molecule has 1 aromatic rings. The summed E-state index contributed by atoms with van der Waals surface area (Å²) in [5.41, 5.74) is 1.38. The van der Waals surface area contributed by atoms with Crippen LogP contribution >= 0.6 is 0 Å². The highest BCUT2D eigenvalue weighted by molar-refractivity contribution is 5.80. The van der Waals surface area contributed by atoms with Crippen molar-refractivity contribution < 1.29 is 14.6 Å². The van der Waals surface area contributed by atoms with Crippen molar-refractivity contribution in [2.45, 2.75) is 71.8 Å². The maximum atomic E-state index is 12.5. The van der Waals surface area contributed by atoms with Crippen LogP contribution < -0.4 is 10.1 Å². The maximum absolute atomic E-state index is 12.5. The van der Waals surface area contributed by atoms with Gasteiger partial charge in [-0.1, -0.05) is 46.2 Å². The number of aliphatic hydroxyl groups is 1. The van der Waals surface area contributed by atoms with Crippen molar-refractivity contribution in [1.82, 2.24) is 5.32 Å². The minimum Gasteiger partial charge on any atom is -0.481 e. The summed E-state index contributed by atoms with van der Waals surface area (Å²) in [6, 6.07) is 7.97. The summed E-state index contributed by atoms with van der Waals surface area (Å²) in [6.07, 6.45) is 3.71. The van der Waals surface area contributed by atoms with E-state index in [0.29, 0.717) is 12.5 Å². The second-order valence-electron chi connectivity index (χ2n) is 8.88. The van der Waals surface area contributed by atoms with Crippen molar-refractivity contribution >= 4 is 5.91 Å². The van der Waals surface area contributed by atoms with Crippen LogP contribution in [0.5, 0.6) is 5.75 Å². The number of carbonyl (C=O) groups is 1. The topological polar surface area (TPSA) is 58.6 Å². The first-order valence-electron chi connectivity index (χ1n) is 9.84. The Morgan fingerprint density at radius 2 is 2.00 bits per heavy atom. The fourth-order valence-electron chi connectivity index (χ4n) is 3.67. The first-order chi connectivity index (χ1) is 12.2. The van der Waals surface area contributed by atoms with E-state index in [1.165, 1.54) is 12.0 Å². The number of amides is 1. The summed E-state index contributed by atoms with van der Waals surface area (Å²) in [5, 5.41) is 12.3. The maximum Gasteiger partial charge on any atom is 0.260 e. The molecular formula is C22H35NO3. The molecule has 0 heterocycles. The largest absolute Gasteiger partial charge is 0.481 e. The monoisotopic (exact) mass is 361 g/mol. The predicted octanol–water partition coefficient (Wildman–Crippen LogP) is 4.06. The molecule has 1 saturated carbocycles. The van der Waals surface area contributed by atoms with E-state index in [1.807, 2.05) is 18.2 Å². The van der Waals surface area contributed by atoms with Gasteiger partial charge in [-0.3, -0.25) is 4.79 Å². The van der Waals surface area contributed by atoms with Crippen LogP contribution in [0.25, 0.3) is 0 Å². The van der Waals surface area contributed by atoms with Crippen LogP contribution in [0.4, 0.5) is 0 Å². The molecular weight excluding hydrogens is 326 g/mol. The van der Waals surface area contributed by atoms with Crippen LogP contribution in [0, 0.1) is 11.3 Å². The Labute approximate surface area is 158 Å². The number of rotatable bonds is 8. The number of ether oxygens (including phenoxy) is 1. The molecule has 4 nitrogen and oxygen atoms in total. The minimum absolute atomic E-state index is 0.0459. The Balaban J connectivity index is 1.92. The Morgan fingerprint density at radius 1 is 1.31 bits per heavy atom. The van der Waals surface area contributed by atoms with Crippen LogP contribution in [-0.2, 0) is 10.2 Å². The highest BCUT2D eigenvalue weighted by Gasteiger charge is 2.41. The Kier molecular flexibility index (Phi) is 6.73. The molecule has 0 saturated heterocycles. The highest BCUT2D eigenvalue weighted by atomic mass is 16.5. The molecule has 0 aliphatic heterocycles. The van der Waals surface area contributed by atoms with Crippen molar-refractivity contribution in [3.05, 3.63) is 29.8 Å². The Morgan fingerprint density at radius 3 is 2.54 bits per heavy atom. The van der Waals surface area contributed by atoms with Crippen LogP contribution in [0.1, 0.15) is 65.9 Å². The van der Waals surface area contributed by atoms with Gasteiger partial charge in [0.2, 0.25) is 0 Å². The zero-order valence-electron chi connectivity index (χ0n) is 17.0. The molecule has 1 fully saturated rings. The number of carbonyl (C=O) groups excluding carboxylic acids is 1. The summed E-state index contributed by atoms with van der Waals surface area (Å²) >= 11 is 0. The zero-order chi connectivity index (χ0) is 19.4. The molecule has 0 radical (unpaired) electrons. The first-order valence-corrected chi connectivity index (χ1v) is 9.84. The molecule has 26 heavy (non-hydrogen) atoms. The van der Waals surface area contributed by atoms with Gasteiger partial charge in [-0.25, -0.2) is 0 Å². The summed E-state index contributed by atoms with van der Waals surface area (Å²) in [5.74, 6) is 1.07. The quantitative estimate of drug-likeness (QED) is 0.734. The van der Waals surface area contributed by atoms with E-state index in [0.717, 1.165) is 25.0 Å². The molecule has 1 amide bonds. The van der Waals surface area contributed by atoms with Gasteiger partial charge in [-0.2, -0.15) is 0 Å². The lowest BCUT2D eigenvalue weighted by Crippen LogP contribution is -2.49. The smallest absolute Gasteiger partial charge is 0.260 e. The van der Waals surface area contributed by atoms with Crippen molar-refractivity contribution in [3.8, 4) is 5.75 Å². The van der Waals surface area contributed by atoms with Gasteiger partial charge in [0.05, 0.1) is 0 Å². The summed E-state index contributed by atoms with van der Waals surface area (Å²) in [4.78, 5) is 12.5. The lowest BCUT2D eigenvalue weighted by Gasteiger charge is -2.47. The number of hydrogen-bond acceptors (Lipinski definition) is 3. The second-order valence-corrected chi connectivity index (χ2v) is 8.88. The van der Waals surface area contributed by atoms with Crippen molar-refractivity contribution in [2.24, 2.45) is 11.3 Å². The Hall–Kier alpha value is -1.55. The lowest BCUT2D eigenvalue weighted by molar-refractivity contribution is -0.128. The van der Waals surface area contributed by atoms with Gasteiger partial charge in [-0.05, 0) is 60.6 Å². The minimum atomic E-state index is -0.532. The molecule has 0 unspecified atom stereocenters. The Bertz CT molecular complexity index is 602. The van der Waals surface area contributed by atoms with Crippen molar-refractivity contribution in [1.29, 1.82) is 0 Å². The highest BCUT2D eigenvalue weighted by Crippen LogP contribution is 2.47. The molecule has 2 atom stereocenters. The summed E-state index contributed by atoms with van der Waals surface area (Å²) < 4.78 is 5.88. The number of nitrogens with one attached hydrogen (secondary N) is 1. The molecule has 1 aliphatic carbocycles. The zero-order valence-corrected chi connectivity index (χ0v) is 17.0. The fraction of sp³-hybridized carbons (Fsp3) is 0.682. The fourth-order valence-corrected chi connectivity index (χ4v) is 3.67. The van der Waals surface area contributed by atoms with Gasteiger partial charge in [0.15, 0.2) is 6.10 Å². The standard InChI is InChI=1S/C22H35NO3/c1-16(10-13-24)22(11-7-12-22)15-23-20(25)17(2)26-19-9-6-8-18(14-19)21(3,4)5/h6,8-9,14,16-17,24H,7,10-13,15H2,1-5H3,(H,23,25)/t16-,17-/m0/s1. The van der Waals surface area contributed by atoms with Gasteiger partial charge in [0, 0.05) is 13.2 Å². The third-order valence-electron chi connectivity index (χ3n) is 5.95. The number of aliphatic hydroxyl groups excluding tert-OH is 1. The summed E-state index contributed by atoms with van der Waals surface area (Å²) in [7, 11) is 0. The molecule has 1 aromatic carbocycles. The molecule has 4 heteroatoms. The van der Waals surface area contributed by atoms with Gasteiger partial charge in [-0.15, -0.1) is 0 Å². The molecule has 0 spiro atoms. The third kappa shape index (κ3) is 5.00. The van der Waals surface area contributed by atoms with E-state index in [1.54, 1.807) is 6.92 Å². The van der Waals surface area contributed by atoms with E-state index < -0.39 is 6.10 Å². The van der Waals surface area contributed by atoms with Gasteiger partial charge in [0.25, 0.3) is 5.91 Å². The van der Waals surface area contributed by atoms with E-state index >= 15 is 0 Å². The van der Waals surface area contributed by atoms with Crippen molar-refractivity contribution in [3.63, 3.8) is 0 Å². The molecule has 2 rings (SSSR count). The van der Waals surface area contributed by atoms with Crippen LogP contribution in [-0.4, -0.2) is 30.3 Å². The average Bonchev–Trinajstić information content (AvgIpc) is 2.53. The van der Waals surface area contributed by atoms with Gasteiger partial charge >= 0.3 is 0 Å².